The Labute approximate surface area is 118 Å². The first-order valence-corrected chi connectivity index (χ1v) is 6.82. The summed E-state index contributed by atoms with van der Waals surface area (Å²) in [5.41, 5.74) is 0. The Morgan fingerprint density at radius 1 is 1.21 bits per heavy atom. The molecular weight excluding hydrogens is 284 g/mol. The lowest BCUT2D eigenvalue weighted by Crippen LogP contribution is -1.97. The molecule has 0 N–H and O–H groups in total. The van der Waals surface area contributed by atoms with Crippen molar-refractivity contribution in [3.05, 3.63) is 52.6 Å². The molecule has 0 saturated heterocycles. The second kappa shape index (κ2) is 5.42. The summed E-state index contributed by atoms with van der Waals surface area (Å²) < 4.78 is 10.7. The van der Waals surface area contributed by atoms with E-state index in [0.717, 1.165) is 4.88 Å². The Morgan fingerprint density at radius 3 is 2.89 bits per heavy atom. The molecule has 3 aromatic rings. The zero-order chi connectivity index (χ0) is 13.1. The topological polar surface area (TPSA) is 48.2 Å². The van der Waals surface area contributed by atoms with Gasteiger partial charge >= 0.3 is 0 Å². The van der Waals surface area contributed by atoms with E-state index in [2.05, 4.69) is 10.1 Å². The summed E-state index contributed by atoms with van der Waals surface area (Å²) in [5, 5.41) is 6.39. The Hall–Kier alpha value is -1.85. The predicted molar refractivity (Wildman–Crippen MR) is 73.4 cm³/mol. The van der Waals surface area contributed by atoms with Gasteiger partial charge in [0.05, 0.1) is 9.90 Å². The highest BCUT2D eigenvalue weighted by Crippen LogP contribution is 2.25. The number of ether oxygens (including phenoxy) is 1. The van der Waals surface area contributed by atoms with Crippen LogP contribution in [0.4, 0.5) is 0 Å². The fourth-order valence-corrected chi connectivity index (χ4v) is 2.35. The van der Waals surface area contributed by atoms with Gasteiger partial charge < -0.3 is 9.26 Å². The lowest BCUT2D eigenvalue weighted by molar-refractivity contribution is 0.287. The maximum Gasteiger partial charge on any atom is 0.268 e. The first-order valence-electron chi connectivity index (χ1n) is 5.57. The fraction of sp³-hybridized carbons (Fsp3) is 0.0769. The van der Waals surface area contributed by atoms with E-state index in [1.54, 1.807) is 23.5 Å². The van der Waals surface area contributed by atoms with Crippen molar-refractivity contribution in [2.45, 2.75) is 6.61 Å². The third-order valence-corrected chi connectivity index (χ3v) is 3.56. The van der Waals surface area contributed by atoms with Crippen molar-refractivity contribution in [2.24, 2.45) is 0 Å². The van der Waals surface area contributed by atoms with Crippen molar-refractivity contribution in [3.63, 3.8) is 0 Å². The molecule has 19 heavy (non-hydrogen) atoms. The molecule has 3 rings (SSSR count). The van der Waals surface area contributed by atoms with Crippen molar-refractivity contribution >= 4 is 22.9 Å². The maximum atomic E-state index is 5.99. The summed E-state index contributed by atoms with van der Waals surface area (Å²) in [6, 6.07) is 11.1. The average Bonchev–Trinajstić information content (AvgIpc) is 3.09. The van der Waals surface area contributed by atoms with Crippen LogP contribution < -0.4 is 4.74 Å². The lowest BCUT2D eigenvalue weighted by atomic mass is 10.3. The van der Waals surface area contributed by atoms with Gasteiger partial charge in [0.25, 0.3) is 5.89 Å². The molecule has 0 aliphatic rings. The van der Waals surface area contributed by atoms with Crippen LogP contribution in [-0.2, 0) is 6.61 Å². The number of benzene rings is 1. The van der Waals surface area contributed by atoms with E-state index in [-0.39, 0.29) is 6.61 Å². The molecule has 0 aliphatic carbocycles. The van der Waals surface area contributed by atoms with Crippen molar-refractivity contribution in [2.75, 3.05) is 0 Å². The summed E-state index contributed by atoms with van der Waals surface area (Å²) in [4.78, 5) is 5.20. The third kappa shape index (κ3) is 2.77. The number of hydrogen-bond acceptors (Lipinski definition) is 5. The highest BCUT2D eigenvalue weighted by Gasteiger charge is 2.10. The summed E-state index contributed by atoms with van der Waals surface area (Å²) in [6.45, 7) is 0.221. The number of para-hydroxylation sites is 1. The average molecular weight is 293 g/mol. The maximum absolute atomic E-state index is 5.99. The van der Waals surface area contributed by atoms with Gasteiger partial charge in [0.1, 0.15) is 5.75 Å². The molecule has 0 radical (unpaired) electrons. The van der Waals surface area contributed by atoms with E-state index in [0.29, 0.717) is 22.5 Å². The van der Waals surface area contributed by atoms with Gasteiger partial charge in [0, 0.05) is 0 Å². The smallest absolute Gasteiger partial charge is 0.268 e. The molecule has 1 aromatic carbocycles. The first kappa shape index (κ1) is 12.2. The fourth-order valence-electron chi connectivity index (χ4n) is 1.52. The molecule has 0 aliphatic heterocycles. The summed E-state index contributed by atoms with van der Waals surface area (Å²) in [7, 11) is 0. The zero-order valence-corrected chi connectivity index (χ0v) is 11.3. The second-order valence-corrected chi connectivity index (χ2v) is 5.07. The van der Waals surface area contributed by atoms with Gasteiger partial charge in [-0.15, -0.1) is 11.3 Å². The standard InChI is InChI=1S/C13H9ClN2O2S/c14-9-4-1-2-5-10(9)17-8-12-15-13(18-16-12)11-6-3-7-19-11/h1-7H,8H2. The molecule has 2 heterocycles. The minimum absolute atomic E-state index is 0.221. The van der Waals surface area contributed by atoms with Crippen LogP contribution in [0.1, 0.15) is 5.82 Å². The quantitative estimate of drug-likeness (QED) is 0.728. The van der Waals surface area contributed by atoms with E-state index in [9.17, 15) is 0 Å². The molecule has 2 aromatic heterocycles. The first-order chi connectivity index (χ1) is 9.33. The monoisotopic (exact) mass is 292 g/mol. The molecule has 4 nitrogen and oxygen atoms in total. The molecule has 0 spiro atoms. The van der Waals surface area contributed by atoms with E-state index in [1.807, 2.05) is 29.6 Å². The van der Waals surface area contributed by atoms with E-state index < -0.39 is 0 Å². The van der Waals surface area contributed by atoms with Crippen LogP contribution in [0.2, 0.25) is 5.02 Å². The van der Waals surface area contributed by atoms with Crippen molar-refractivity contribution < 1.29 is 9.26 Å². The normalized spacial score (nSPS) is 10.6. The number of hydrogen-bond donors (Lipinski definition) is 0. The Morgan fingerprint density at radius 2 is 2.11 bits per heavy atom. The largest absolute Gasteiger partial charge is 0.484 e. The van der Waals surface area contributed by atoms with Crippen LogP contribution in [0, 0.1) is 0 Å². The van der Waals surface area contributed by atoms with Gasteiger partial charge in [-0.2, -0.15) is 4.98 Å². The molecule has 96 valence electrons. The van der Waals surface area contributed by atoms with Gasteiger partial charge in [-0.25, -0.2) is 0 Å². The summed E-state index contributed by atoms with van der Waals surface area (Å²) in [6.07, 6.45) is 0. The Balaban J connectivity index is 1.70. The number of rotatable bonds is 4. The van der Waals surface area contributed by atoms with Gasteiger partial charge in [0.15, 0.2) is 6.61 Å². The van der Waals surface area contributed by atoms with Crippen molar-refractivity contribution in [1.82, 2.24) is 10.1 Å². The second-order valence-electron chi connectivity index (χ2n) is 3.71. The number of thiophene rings is 1. The van der Waals surface area contributed by atoms with Crippen LogP contribution in [0.5, 0.6) is 5.75 Å². The van der Waals surface area contributed by atoms with Crippen LogP contribution in [0.15, 0.2) is 46.3 Å². The third-order valence-electron chi connectivity index (χ3n) is 2.39. The highest BCUT2D eigenvalue weighted by molar-refractivity contribution is 7.13. The summed E-state index contributed by atoms with van der Waals surface area (Å²) >= 11 is 7.54. The zero-order valence-electron chi connectivity index (χ0n) is 9.75. The van der Waals surface area contributed by atoms with Gasteiger partial charge in [-0.05, 0) is 23.6 Å². The van der Waals surface area contributed by atoms with Gasteiger partial charge in [-0.3, -0.25) is 0 Å². The van der Waals surface area contributed by atoms with Gasteiger partial charge in [0.2, 0.25) is 5.82 Å². The van der Waals surface area contributed by atoms with Crippen molar-refractivity contribution in [1.29, 1.82) is 0 Å². The molecule has 0 fully saturated rings. The van der Waals surface area contributed by atoms with E-state index in [1.165, 1.54) is 0 Å². The lowest BCUT2D eigenvalue weighted by Gasteiger charge is -2.04. The van der Waals surface area contributed by atoms with Crippen LogP contribution in [0.3, 0.4) is 0 Å². The van der Waals surface area contributed by atoms with Crippen LogP contribution >= 0.6 is 22.9 Å². The number of halogens is 1. The Kier molecular flexibility index (Phi) is 3.48. The van der Waals surface area contributed by atoms with Gasteiger partial charge in [-0.1, -0.05) is 35.0 Å². The molecule has 0 unspecified atom stereocenters. The van der Waals surface area contributed by atoms with Crippen LogP contribution in [-0.4, -0.2) is 10.1 Å². The van der Waals surface area contributed by atoms with Crippen LogP contribution in [0.25, 0.3) is 10.8 Å². The predicted octanol–water partition coefficient (Wildman–Crippen LogP) is 4.03. The summed E-state index contributed by atoms with van der Waals surface area (Å²) in [5.74, 6) is 1.60. The minimum Gasteiger partial charge on any atom is -0.484 e. The molecule has 0 saturated carbocycles. The molecule has 0 amide bonds. The minimum atomic E-state index is 0.221. The van der Waals surface area contributed by atoms with Crippen molar-refractivity contribution in [3.8, 4) is 16.5 Å². The number of nitrogens with zero attached hydrogens (tertiary/aromatic N) is 2. The SMILES string of the molecule is Clc1ccccc1OCc1noc(-c2cccs2)n1. The molecular formula is C13H9ClN2O2S. The number of aromatic nitrogens is 2. The molecule has 0 atom stereocenters. The molecule has 6 heteroatoms. The van der Waals surface area contributed by atoms with E-state index >= 15 is 0 Å². The highest BCUT2D eigenvalue weighted by atomic mass is 35.5. The Bertz CT molecular complexity index is 667. The molecule has 0 bridgehead atoms. The van der Waals surface area contributed by atoms with E-state index in [4.69, 9.17) is 20.9 Å².